The number of hydrogen-bond donors (Lipinski definition) is 1. The number of nitro groups is 1. The Labute approximate surface area is 165 Å². The van der Waals surface area contributed by atoms with Gasteiger partial charge in [-0.1, -0.05) is 30.3 Å². The summed E-state index contributed by atoms with van der Waals surface area (Å²) in [5.41, 5.74) is -5.13. The number of nitrogens with one attached hydrogen (secondary N) is 1. The fraction of sp³-hybridized carbons (Fsp3) is 0.333. The van der Waals surface area contributed by atoms with Crippen LogP contribution in [0.15, 0.2) is 53.4 Å². The molecule has 29 heavy (non-hydrogen) atoms. The van der Waals surface area contributed by atoms with E-state index in [2.05, 4.69) is 10.2 Å². The Morgan fingerprint density at radius 3 is 2.48 bits per heavy atom. The molecular formula is C18H18F3N3O4S. The molecule has 1 heterocycles. The molecule has 1 atom stereocenters. The molecule has 1 aliphatic rings. The lowest BCUT2D eigenvalue weighted by molar-refractivity contribution is -0.384. The molecule has 0 bridgehead atoms. The van der Waals surface area contributed by atoms with E-state index in [0.29, 0.717) is 25.6 Å². The molecule has 0 radical (unpaired) electrons. The highest BCUT2D eigenvalue weighted by Gasteiger charge is 2.47. The Morgan fingerprint density at radius 1 is 1.17 bits per heavy atom. The van der Waals surface area contributed by atoms with Crippen molar-refractivity contribution in [3.05, 3.63) is 64.2 Å². The van der Waals surface area contributed by atoms with Crippen molar-refractivity contribution in [1.29, 1.82) is 0 Å². The van der Waals surface area contributed by atoms with Gasteiger partial charge in [-0.25, -0.2) is 8.42 Å². The summed E-state index contributed by atoms with van der Waals surface area (Å²) in [6, 6.07) is 11.8. The average Bonchev–Trinajstić information content (AvgIpc) is 3.08. The molecule has 0 saturated carbocycles. The maximum atomic E-state index is 12.7. The van der Waals surface area contributed by atoms with Crippen LogP contribution in [0, 0.1) is 10.1 Å². The van der Waals surface area contributed by atoms with Crippen LogP contribution in [0.25, 0.3) is 0 Å². The first-order valence-electron chi connectivity index (χ1n) is 8.70. The predicted octanol–water partition coefficient (Wildman–Crippen LogP) is 3.57. The van der Waals surface area contributed by atoms with Gasteiger partial charge in [0.1, 0.15) is 5.69 Å². The van der Waals surface area contributed by atoms with Gasteiger partial charge in [-0.15, -0.1) is 0 Å². The molecule has 2 aromatic carbocycles. The van der Waals surface area contributed by atoms with Gasteiger partial charge in [0.05, 0.1) is 9.82 Å². The number of anilines is 1. The minimum Gasteiger partial charge on any atom is -0.375 e. The van der Waals surface area contributed by atoms with Crippen molar-refractivity contribution >= 4 is 21.2 Å². The summed E-state index contributed by atoms with van der Waals surface area (Å²) in [6.45, 7) is 2.05. The third-order valence-corrected chi connectivity index (χ3v) is 6.15. The number of nitro benzene ring substituents is 1. The van der Waals surface area contributed by atoms with E-state index in [1.807, 2.05) is 30.3 Å². The number of halogens is 3. The fourth-order valence-electron chi connectivity index (χ4n) is 3.24. The lowest BCUT2D eigenvalue weighted by Crippen LogP contribution is -2.26. The third-order valence-electron chi connectivity index (χ3n) is 4.66. The Balaban J connectivity index is 1.75. The van der Waals surface area contributed by atoms with E-state index in [1.54, 1.807) is 0 Å². The number of alkyl halides is 3. The normalized spacial score (nSPS) is 18.0. The van der Waals surface area contributed by atoms with Crippen molar-refractivity contribution in [2.24, 2.45) is 0 Å². The minimum absolute atomic E-state index is 0.0114. The van der Waals surface area contributed by atoms with E-state index < -0.39 is 30.9 Å². The molecule has 11 heteroatoms. The summed E-state index contributed by atoms with van der Waals surface area (Å²) in [7, 11) is -5.66. The third kappa shape index (κ3) is 4.67. The van der Waals surface area contributed by atoms with Crippen LogP contribution in [0.3, 0.4) is 0 Å². The lowest BCUT2D eigenvalue weighted by atomic mass is 10.2. The second-order valence-electron chi connectivity index (χ2n) is 6.74. The van der Waals surface area contributed by atoms with Crippen molar-refractivity contribution in [3.63, 3.8) is 0 Å². The van der Waals surface area contributed by atoms with Gasteiger partial charge in [0.25, 0.3) is 15.5 Å². The molecular weight excluding hydrogens is 411 g/mol. The Kier molecular flexibility index (Phi) is 5.80. The number of benzene rings is 2. The summed E-state index contributed by atoms with van der Waals surface area (Å²) in [5.74, 6) is 0. The maximum Gasteiger partial charge on any atom is 0.501 e. The smallest absolute Gasteiger partial charge is 0.375 e. The molecule has 2 aromatic rings. The van der Waals surface area contributed by atoms with Gasteiger partial charge in [0.2, 0.25) is 0 Å². The van der Waals surface area contributed by atoms with E-state index >= 15 is 0 Å². The number of sulfone groups is 1. The van der Waals surface area contributed by atoms with Gasteiger partial charge in [-0.2, -0.15) is 13.2 Å². The molecule has 1 saturated heterocycles. The number of nitrogens with zero attached hydrogens (tertiary/aromatic N) is 2. The second kappa shape index (κ2) is 7.99. The first kappa shape index (κ1) is 21.1. The highest BCUT2D eigenvalue weighted by atomic mass is 32.2. The monoisotopic (exact) mass is 429 g/mol. The minimum atomic E-state index is -5.66. The van der Waals surface area contributed by atoms with E-state index in [9.17, 15) is 31.7 Å². The zero-order chi connectivity index (χ0) is 21.2. The van der Waals surface area contributed by atoms with Crippen LogP contribution in [0.5, 0.6) is 0 Å². The Hall–Kier alpha value is -2.66. The van der Waals surface area contributed by atoms with Crippen LogP contribution >= 0.6 is 0 Å². The zero-order valence-electron chi connectivity index (χ0n) is 15.1. The maximum absolute atomic E-state index is 12.7. The summed E-state index contributed by atoms with van der Waals surface area (Å²) in [6.07, 6.45) is 0.687. The molecule has 1 N–H and O–H groups in total. The fourth-order valence-corrected chi connectivity index (χ4v) is 4.02. The largest absolute Gasteiger partial charge is 0.501 e. The van der Waals surface area contributed by atoms with Crippen molar-refractivity contribution in [3.8, 4) is 0 Å². The Morgan fingerprint density at radius 2 is 1.86 bits per heavy atom. The summed E-state index contributed by atoms with van der Waals surface area (Å²) in [5, 5.41) is 14.3. The number of likely N-dealkylation sites (tertiary alicyclic amines) is 1. The summed E-state index contributed by atoms with van der Waals surface area (Å²) < 4.78 is 61.2. The summed E-state index contributed by atoms with van der Waals surface area (Å²) >= 11 is 0. The zero-order valence-corrected chi connectivity index (χ0v) is 15.9. The van der Waals surface area contributed by atoms with Crippen LogP contribution < -0.4 is 5.32 Å². The molecule has 156 valence electrons. The van der Waals surface area contributed by atoms with E-state index in [1.165, 1.54) is 0 Å². The summed E-state index contributed by atoms with van der Waals surface area (Å²) in [4.78, 5) is 11.4. The van der Waals surface area contributed by atoms with Crippen molar-refractivity contribution < 1.29 is 26.5 Å². The van der Waals surface area contributed by atoms with Crippen LogP contribution in [-0.4, -0.2) is 42.9 Å². The Bertz CT molecular complexity index is 997. The molecule has 7 nitrogen and oxygen atoms in total. The topological polar surface area (TPSA) is 92.5 Å². The highest BCUT2D eigenvalue weighted by molar-refractivity contribution is 7.92. The van der Waals surface area contributed by atoms with Crippen molar-refractivity contribution in [2.75, 3.05) is 18.4 Å². The van der Waals surface area contributed by atoms with Crippen LogP contribution in [-0.2, 0) is 16.4 Å². The molecule has 1 unspecified atom stereocenters. The first-order chi connectivity index (χ1) is 13.6. The van der Waals surface area contributed by atoms with Crippen molar-refractivity contribution in [2.45, 2.75) is 29.4 Å². The SMILES string of the molecule is O=[N+]([O-])c1cc(S(=O)(=O)C(F)(F)F)ccc1NC1CCN(Cc2ccccc2)C1. The molecule has 1 aliphatic heterocycles. The highest BCUT2D eigenvalue weighted by Crippen LogP contribution is 2.35. The van der Waals surface area contributed by atoms with Gasteiger partial charge < -0.3 is 5.32 Å². The lowest BCUT2D eigenvalue weighted by Gasteiger charge is -2.18. The van der Waals surface area contributed by atoms with E-state index in [4.69, 9.17) is 0 Å². The van der Waals surface area contributed by atoms with Gasteiger partial charge in [-0.3, -0.25) is 15.0 Å². The number of hydrogen-bond acceptors (Lipinski definition) is 6. The van der Waals surface area contributed by atoms with Crippen LogP contribution in [0.4, 0.5) is 24.5 Å². The molecule has 1 fully saturated rings. The first-order valence-corrected chi connectivity index (χ1v) is 10.2. The molecule has 0 aromatic heterocycles. The van der Waals surface area contributed by atoms with Crippen molar-refractivity contribution in [1.82, 2.24) is 4.90 Å². The molecule has 0 spiro atoms. The van der Waals surface area contributed by atoms with Gasteiger partial charge in [0, 0.05) is 31.7 Å². The van der Waals surface area contributed by atoms with Gasteiger partial charge in [-0.05, 0) is 24.1 Å². The van der Waals surface area contributed by atoms with Crippen LogP contribution in [0.2, 0.25) is 0 Å². The molecule has 0 amide bonds. The quantitative estimate of drug-likeness (QED) is 0.558. The van der Waals surface area contributed by atoms with E-state index in [0.717, 1.165) is 24.2 Å². The van der Waals surface area contributed by atoms with E-state index in [-0.39, 0.29) is 11.7 Å². The van der Waals surface area contributed by atoms with Gasteiger partial charge in [0.15, 0.2) is 0 Å². The second-order valence-corrected chi connectivity index (χ2v) is 8.68. The van der Waals surface area contributed by atoms with Gasteiger partial charge >= 0.3 is 5.51 Å². The van der Waals surface area contributed by atoms with Crippen LogP contribution in [0.1, 0.15) is 12.0 Å². The number of rotatable bonds is 6. The molecule has 3 rings (SSSR count). The molecule has 0 aliphatic carbocycles. The standard InChI is InChI=1S/C18H18F3N3O4S/c19-18(20,21)29(27,28)15-6-7-16(17(10-15)24(25)26)22-14-8-9-23(12-14)11-13-4-2-1-3-5-13/h1-7,10,14,22H,8-9,11-12H2. The average molecular weight is 429 g/mol. The predicted molar refractivity (Wildman–Crippen MR) is 100 cm³/mol.